The summed E-state index contributed by atoms with van der Waals surface area (Å²) in [5, 5.41) is 0. The molecule has 1 aliphatic carbocycles. The summed E-state index contributed by atoms with van der Waals surface area (Å²) >= 11 is 0. The quantitative estimate of drug-likeness (QED) is 0.781. The molecule has 3 atom stereocenters. The first-order valence-corrected chi connectivity index (χ1v) is 6.98. The summed E-state index contributed by atoms with van der Waals surface area (Å²) in [4.78, 5) is 2.69. The van der Waals surface area contributed by atoms with E-state index in [4.69, 9.17) is 5.73 Å². The topological polar surface area (TPSA) is 29.3 Å². The van der Waals surface area contributed by atoms with Crippen molar-refractivity contribution in [2.45, 2.75) is 65.0 Å². The average Bonchev–Trinajstić information content (AvgIpc) is 2.65. The third kappa shape index (κ3) is 2.60. The van der Waals surface area contributed by atoms with Crippen LogP contribution in [0.25, 0.3) is 0 Å². The van der Waals surface area contributed by atoms with Gasteiger partial charge in [0.25, 0.3) is 0 Å². The van der Waals surface area contributed by atoms with Crippen LogP contribution in [0.15, 0.2) is 0 Å². The molecule has 0 amide bonds. The zero-order valence-corrected chi connectivity index (χ0v) is 11.2. The van der Waals surface area contributed by atoms with Gasteiger partial charge in [-0.1, -0.05) is 27.2 Å². The molecule has 2 nitrogen and oxygen atoms in total. The van der Waals surface area contributed by atoms with Crippen LogP contribution in [0.3, 0.4) is 0 Å². The molecule has 0 aromatic carbocycles. The first-order chi connectivity index (χ1) is 7.48. The van der Waals surface area contributed by atoms with Gasteiger partial charge in [-0.05, 0) is 43.6 Å². The van der Waals surface area contributed by atoms with Gasteiger partial charge in [-0.3, -0.25) is 4.90 Å². The monoisotopic (exact) mass is 224 g/mol. The zero-order valence-electron chi connectivity index (χ0n) is 11.2. The van der Waals surface area contributed by atoms with Gasteiger partial charge in [-0.2, -0.15) is 0 Å². The van der Waals surface area contributed by atoms with Gasteiger partial charge >= 0.3 is 0 Å². The van der Waals surface area contributed by atoms with Crippen molar-refractivity contribution in [2.75, 3.05) is 13.1 Å². The number of fused-ring (bicyclic) bond motifs is 1. The maximum absolute atomic E-state index is 6.32. The van der Waals surface area contributed by atoms with Crippen molar-refractivity contribution >= 4 is 0 Å². The second-order valence-electron chi connectivity index (χ2n) is 6.87. The molecular weight excluding hydrogens is 196 g/mol. The Bertz CT molecular complexity index is 231. The highest BCUT2D eigenvalue weighted by Gasteiger charge is 2.36. The number of rotatable bonds is 2. The standard InChI is InChI=1S/C14H28N2/c1-14(2,3)13(15)10-16-9-5-7-11-6-4-8-12(11)16/h11-13H,4-10,15H2,1-3H3. The molecule has 2 aliphatic rings. The number of hydrogen-bond donors (Lipinski definition) is 1. The Labute approximate surface area is 101 Å². The second kappa shape index (κ2) is 4.66. The molecule has 0 radical (unpaired) electrons. The van der Waals surface area contributed by atoms with Gasteiger partial charge in [0.1, 0.15) is 0 Å². The molecular formula is C14H28N2. The smallest absolute Gasteiger partial charge is 0.0217 e. The predicted molar refractivity (Wildman–Crippen MR) is 69.4 cm³/mol. The third-order valence-corrected chi connectivity index (χ3v) is 4.65. The highest BCUT2D eigenvalue weighted by molar-refractivity contribution is 4.91. The lowest BCUT2D eigenvalue weighted by atomic mass is 9.85. The van der Waals surface area contributed by atoms with Crippen LogP contribution in [0, 0.1) is 11.3 Å². The minimum Gasteiger partial charge on any atom is -0.326 e. The van der Waals surface area contributed by atoms with E-state index in [1.165, 1.54) is 38.6 Å². The fraction of sp³-hybridized carbons (Fsp3) is 1.00. The molecule has 1 saturated carbocycles. The number of likely N-dealkylation sites (tertiary alicyclic amines) is 1. The molecule has 94 valence electrons. The highest BCUT2D eigenvalue weighted by atomic mass is 15.2. The van der Waals surface area contributed by atoms with Crippen molar-refractivity contribution in [3.63, 3.8) is 0 Å². The van der Waals surface area contributed by atoms with Crippen molar-refractivity contribution < 1.29 is 0 Å². The van der Waals surface area contributed by atoms with Crippen molar-refractivity contribution in [1.82, 2.24) is 4.90 Å². The summed E-state index contributed by atoms with van der Waals surface area (Å²) in [5.41, 5.74) is 6.56. The highest BCUT2D eigenvalue weighted by Crippen LogP contribution is 2.37. The molecule has 2 fully saturated rings. The van der Waals surface area contributed by atoms with Gasteiger partial charge in [0, 0.05) is 18.6 Å². The van der Waals surface area contributed by atoms with Crippen molar-refractivity contribution in [3.8, 4) is 0 Å². The Morgan fingerprint density at radius 1 is 1.19 bits per heavy atom. The molecule has 2 heteroatoms. The third-order valence-electron chi connectivity index (χ3n) is 4.65. The number of nitrogens with two attached hydrogens (primary N) is 1. The van der Waals surface area contributed by atoms with Crippen LogP contribution in [-0.4, -0.2) is 30.1 Å². The van der Waals surface area contributed by atoms with E-state index >= 15 is 0 Å². The fourth-order valence-electron chi connectivity index (χ4n) is 3.31. The Hall–Kier alpha value is -0.0800. The van der Waals surface area contributed by atoms with Gasteiger partial charge in [-0.25, -0.2) is 0 Å². The van der Waals surface area contributed by atoms with Crippen LogP contribution < -0.4 is 5.73 Å². The Balaban J connectivity index is 1.93. The summed E-state index contributed by atoms with van der Waals surface area (Å²) in [6, 6.07) is 1.18. The van der Waals surface area contributed by atoms with Crippen LogP contribution in [0.1, 0.15) is 52.9 Å². The molecule has 1 heterocycles. The predicted octanol–water partition coefficient (Wildman–Crippen LogP) is 2.62. The van der Waals surface area contributed by atoms with Crippen molar-refractivity contribution in [2.24, 2.45) is 17.1 Å². The lowest BCUT2D eigenvalue weighted by Crippen LogP contribution is -2.51. The summed E-state index contributed by atoms with van der Waals surface area (Å²) in [5.74, 6) is 0.987. The molecule has 1 aliphatic heterocycles. The number of hydrogen-bond acceptors (Lipinski definition) is 2. The summed E-state index contributed by atoms with van der Waals surface area (Å²) in [7, 11) is 0. The maximum Gasteiger partial charge on any atom is 0.0217 e. The largest absolute Gasteiger partial charge is 0.326 e. The van der Waals surface area contributed by atoms with Crippen LogP contribution in [0.2, 0.25) is 0 Å². The lowest BCUT2D eigenvalue weighted by molar-refractivity contribution is 0.0890. The molecule has 2 rings (SSSR count). The van der Waals surface area contributed by atoms with Gasteiger partial charge in [-0.15, -0.1) is 0 Å². The molecule has 0 spiro atoms. The Morgan fingerprint density at radius 2 is 1.88 bits per heavy atom. The van der Waals surface area contributed by atoms with Crippen LogP contribution in [-0.2, 0) is 0 Å². The first kappa shape index (κ1) is 12.4. The minimum absolute atomic E-state index is 0.242. The van der Waals surface area contributed by atoms with E-state index in [0.29, 0.717) is 6.04 Å². The first-order valence-electron chi connectivity index (χ1n) is 6.98. The minimum atomic E-state index is 0.242. The average molecular weight is 224 g/mol. The van der Waals surface area contributed by atoms with Gasteiger partial charge in [0.05, 0.1) is 0 Å². The molecule has 2 N–H and O–H groups in total. The van der Waals surface area contributed by atoms with Gasteiger partial charge in [0.15, 0.2) is 0 Å². The van der Waals surface area contributed by atoms with Gasteiger partial charge in [0.2, 0.25) is 0 Å². The van der Waals surface area contributed by atoms with E-state index in [0.717, 1.165) is 18.5 Å². The zero-order chi connectivity index (χ0) is 11.8. The number of piperidine rings is 1. The van der Waals surface area contributed by atoms with Crippen LogP contribution in [0.4, 0.5) is 0 Å². The molecule has 16 heavy (non-hydrogen) atoms. The van der Waals surface area contributed by atoms with Crippen molar-refractivity contribution in [1.29, 1.82) is 0 Å². The van der Waals surface area contributed by atoms with Crippen molar-refractivity contribution in [3.05, 3.63) is 0 Å². The summed E-state index contributed by atoms with van der Waals surface area (Å²) < 4.78 is 0. The summed E-state index contributed by atoms with van der Waals surface area (Å²) in [6.07, 6.45) is 7.17. The molecule has 1 saturated heterocycles. The van der Waals surface area contributed by atoms with Crippen LogP contribution >= 0.6 is 0 Å². The van der Waals surface area contributed by atoms with E-state index in [2.05, 4.69) is 25.7 Å². The lowest BCUT2D eigenvalue weighted by Gasteiger charge is -2.41. The molecule has 0 aromatic heterocycles. The molecule has 0 bridgehead atoms. The van der Waals surface area contributed by atoms with E-state index in [1.807, 2.05) is 0 Å². The van der Waals surface area contributed by atoms with E-state index in [-0.39, 0.29) is 5.41 Å². The molecule has 0 aromatic rings. The van der Waals surface area contributed by atoms with Crippen LogP contribution in [0.5, 0.6) is 0 Å². The fourth-order valence-corrected chi connectivity index (χ4v) is 3.31. The van der Waals surface area contributed by atoms with E-state index in [1.54, 1.807) is 0 Å². The molecule has 3 unspecified atom stereocenters. The normalized spacial score (nSPS) is 33.8. The second-order valence-corrected chi connectivity index (χ2v) is 6.87. The Kier molecular flexibility index (Phi) is 3.60. The summed E-state index contributed by atoms with van der Waals surface area (Å²) in [6.45, 7) is 9.16. The maximum atomic E-state index is 6.32. The number of nitrogens with zero attached hydrogens (tertiary/aromatic N) is 1. The SMILES string of the molecule is CC(C)(C)C(N)CN1CCCC2CCCC21. The van der Waals surface area contributed by atoms with E-state index < -0.39 is 0 Å². The van der Waals surface area contributed by atoms with Gasteiger partial charge < -0.3 is 5.73 Å². The Morgan fingerprint density at radius 3 is 2.56 bits per heavy atom. The van der Waals surface area contributed by atoms with E-state index in [9.17, 15) is 0 Å².